The van der Waals surface area contributed by atoms with Crippen molar-refractivity contribution in [1.82, 2.24) is 4.90 Å². The average Bonchev–Trinajstić information content (AvgIpc) is 2.79. The molecule has 2 aromatic rings. The number of hydrogen-bond donors (Lipinski definition) is 0. The van der Waals surface area contributed by atoms with Gasteiger partial charge in [0.05, 0.1) is 23.1 Å². The number of hydrogen-bond acceptors (Lipinski definition) is 6. The lowest BCUT2D eigenvalue weighted by atomic mass is 9.98. The van der Waals surface area contributed by atoms with Gasteiger partial charge < -0.3 is 14.4 Å². The number of piperidine rings is 1. The molecule has 1 fully saturated rings. The summed E-state index contributed by atoms with van der Waals surface area (Å²) < 4.78 is 37.4. The van der Waals surface area contributed by atoms with Gasteiger partial charge in [0.25, 0.3) is 10.0 Å². The number of esters is 1. The number of benzene rings is 2. The van der Waals surface area contributed by atoms with Crippen LogP contribution >= 0.6 is 0 Å². The quantitative estimate of drug-likeness (QED) is 0.483. The number of nitrogens with zero attached hydrogens (tertiary/aromatic N) is 2. The molecule has 0 spiro atoms. The smallest absolute Gasteiger partial charge is 0.409 e. The normalized spacial score (nSPS) is 16.3. The lowest BCUT2D eigenvalue weighted by Crippen LogP contribution is -2.43. The molecule has 0 radical (unpaired) electrons. The molecule has 1 heterocycles. The average molecular weight is 461 g/mol. The van der Waals surface area contributed by atoms with E-state index in [4.69, 9.17) is 9.47 Å². The van der Waals surface area contributed by atoms with Gasteiger partial charge in [-0.2, -0.15) is 0 Å². The molecule has 3 rings (SSSR count). The van der Waals surface area contributed by atoms with E-state index in [9.17, 15) is 18.0 Å². The number of sulfonamides is 1. The summed E-state index contributed by atoms with van der Waals surface area (Å²) in [6.45, 7) is 4.72. The number of carbonyl (C=O) groups is 2. The van der Waals surface area contributed by atoms with Crippen molar-refractivity contribution in [2.45, 2.75) is 31.6 Å². The minimum atomic E-state index is -3.70. The highest BCUT2D eigenvalue weighted by Crippen LogP contribution is 2.26. The summed E-state index contributed by atoms with van der Waals surface area (Å²) in [6, 6.07) is 12.9. The second-order valence-corrected chi connectivity index (χ2v) is 9.65. The van der Waals surface area contributed by atoms with Crippen LogP contribution < -0.4 is 9.04 Å². The molecule has 0 bridgehead atoms. The summed E-state index contributed by atoms with van der Waals surface area (Å²) in [7, 11) is -2.23. The van der Waals surface area contributed by atoms with Gasteiger partial charge in [0.2, 0.25) is 0 Å². The van der Waals surface area contributed by atoms with Crippen molar-refractivity contribution in [2.75, 3.05) is 31.0 Å². The maximum atomic E-state index is 12.8. The van der Waals surface area contributed by atoms with E-state index in [-0.39, 0.29) is 18.0 Å². The number of ether oxygens (including phenoxy) is 2. The van der Waals surface area contributed by atoms with Crippen LogP contribution in [0.2, 0.25) is 0 Å². The monoisotopic (exact) mass is 460 g/mol. The van der Waals surface area contributed by atoms with E-state index in [1.54, 1.807) is 55.5 Å². The number of carbonyl (C=O) groups excluding carboxylic acids is 2. The van der Waals surface area contributed by atoms with Crippen LogP contribution in [0.3, 0.4) is 0 Å². The molecule has 0 unspecified atom stereocenters. The standard InChI is InChI=1S/C23H28N2O6S/c1-4-30-23(27)25-15-5-6-18(16-25)22(26)31-20-11-9-19(10-12-20)24(3)32(28,29)21-13-7-17(2)8-14-21/h7-14,18H,4-6,15-16H2,1-3H3/t18-/m1/s1. The van der Waals surface area contributed by atoms with Gasteiger partial charge in [-0.3, -0.25) is 9.10 Å². The Hall–Kier alpha value is -3.07. The Balaban J connectivity index is 1.64. The zero-order valence-electron chi connectivity index (χ0n) is 18.5. The number of amides is 1. The molecular formula is C23H28N2O6S. The van der Waals surface area contributed by atoms with Crippen LogP contribution in [-0.2, 0) is 19.6 Å². The van der Waals surface area contributed by atoms with E-state index in [1.807, 2.05) is 6.92 Å². The van der Waals surface area contributed by atoms with Crippen molar-refractivity contribution in [3.8, 4) is 5.75 Å². The molecule has 8 nitrogen and oxygen atoms in total. The molecule has 0 aromatic heterocycles. The molecule has 9 heteroatoms. The molecule has 1 atom stereocenters. The van der Waals surface area contributed by atoms with Crippen molar-refractivity contribution < 1.29 is 27.5 Å². The third-order valence-electron chi connectivity index (χ3n) is 5.38. The van der Waals surface area contributed by atoms with Crippen molar-refractivity contribution in [3.05, 3.63) is 54.1 Å². The fraction of sp³-hybridized carbons (Fsp3) is 0.391. The first kappa shape index (κ1) is 23.6. The number of likely N-dealkylation sites (tertiary alicyclic amines) is 1. The van der Waals surface area contributed by atoms with Gasteiger partial charge in [0.1, 0.15) is 5.75 Å². The zero-order chi connectivity index (χ0) is 23.3. The lowest BCUT2D eigenvalue weighted by molar-refractivity contribution is -0.140. The summed E-state index contributed by atoms with van der Waals surface area (Å²) in [5.41, 5.74) is 1.41. The fourth-order valence-electron chi connectivity index (χ4n) is 3.48. The van der Waals surface area contributed by atoms with Crippen LogP contribution in [0.25, 0.3) is 0 Å². The minimum absolute atomic E-state index is 0.199. The molecule has 2 aromatic carbocycles. The molecule has 0 aliphatic carbocycles. The Labute approximate surface area is 188 Å². The number of anilines is 1. The van der Waals surface area contributed by atoms with Gasteiger partial charge in [0, 0.05) is 20.1 Å². The molecule has 32 heavy (non-hydrogen) atoms. The van der Waals surface area contributed by atoms with Gasteiger partial charge >= 0.3 is 12.1 Å². The van der Waals surface area contributed by atoms with E-state index in [0.717, 1.165) is 5.56 Å². The first-order valence-electron chi connectivity index (χ1n) is 10.5. The molecule has 172 valence electrons. The van der Waals surface area contributed by atoms with Gasteiger partial charge in [-0.1, -0.05) is 17.7 Å². The Morgan fingerprint density at radius 3 is 2.38 bits per heavy atom. The van der Waals surface area contributed by atoms with Gasteiger partial charge in [-0.05, 0) is 63.1 Å². The highest BCUT2D eigenvalue weighted by Gasteiger charge is 2.30. The van der Waals surface area contributed by atoms with E-state index in [2.05, 4.69) is 0 Å². The van der Waals surface area contributed by atoms with E-state index >= 15 is 0 Å². The van der Waals surface area contributed by atoms with Crippen LogP contribution in [0.4, 0.5) is 10.5 Å². The molecule has 1 aliphatic rings. The van der Waals surface area contributed by atoms with Crippen molar-refractivity contribution >= 4 is 27.8 Å². The highest BCUT2D eigenvalue weighted by molar-refractivity contribution is 7.92. The Bertz CT molecular complexity index is 1050. The van der Waals surface area contributed by atoms with Crippen molar-refractivity contribution in [3.63, 3.8) is 0 Å². The molecule has 1 aliphatic heterocycles. The first-order valence-corrected chi connectivity index (χ1v) is 12.0. The van der Waals surface area contributed by atoms with Crippen LogP contribution in [0, 0.1) is 12.8 Å². The SMILES string of the molecule is CCOC(=O)N1CCC[C@@H](C(=O)Oc2ccc(N(C)S(=O)(=O)c3ccc(C)cc3)cc2)C1. The van der Waals surface area contributed by atoms with Gasteiger partial charge in [-0.25, -0.2) is 13.2 Å². The Morgan fingerprint density at radius 1 is 1.09 bits per heavy atom. The number of aryl methyl sites for hydroxylation is 1. The molecule has 0 saturated carbocycles. The van der Waals surface area contributed by atoms with Gasteiger partial charge in [0.15, 0.2) is 0 Å². The minimum Gasteiger partial charge on any atom is -0.450 e. The third kappa shape index (κ3) is 5.40. The predicted octanol–water partition coefficient (Wildman–Crippen LogP) is 3.59. The maximum Gasteiger partial charge on any atom is 0.409 e. The zero-order valence-corrected chi connectivity index (χ0v) is 19.3. The Kier molecular flexibility index (Phi) is 7.40. The fourth-order valence-corrected chi connectivity index (χ4v) is 4.68. The Morgan fingerprint density at radius 2 is 1.75 bits per heavy atom. The van der Waals surface area contributed by atoms with E-state index < -0.39 is 28.0 Å². The molecule has 1 saturated heterocycles. The topological polar surface area (TPSA) is 93.2 Å². The van der Waals surface area contributed by atoms with Crippen molar-refractivity contribution in [2.24, 2.45) is 5.92 Å². The molecule has 1 amide bonds. The van der Waals surface area contributed by atoms with E-state index in [0.29, 0.717) is 30.8 Å². The van der Waals surface area contributed by atoms with Gasteiger partial charge in [-0.15, -0.1) is 0 Å². The maximum absolute atomic E-state index is 12.8. The first-order chi connectivity index (χ1) is 15.2. The summed E-state index contributed by atoms with van der Waals surface area (Å²) in [5, 5.41) is 0. The molecule has 0 N–H and O–H groups in total. The predicted molar refractivity (Wildman–Crippen MR) is 120 cm³/mol. The second kappa shape index (κ2) is 10.0. The van der Waals surface area contributed by atoms with Crippen LogP contribution in [0.5, 0.6) is 5.75 Å². The van der Waals surface area contributed by atoms with Crippen LogP contribution in [0.15, 0.2) is 53.4 Å². The number of rotatable bonds is 6. The van der Waals surface area contributed by atoms with Crippen LogP contribution in [0.1, 0.15) is 25.3 Å². The summed E-state index contributed by atoms with van der Waals surface area (Å²) in [5.74, 6) is -0.544. The summed E-state index contributed by atoms with van der Waals surface area (Å²) in [4.78, 5) is 26.2. The summed E-state index contributed by atoms with van der Waals surface area (Å²) in [6.07, 6.45) is 0.899. The third-order valence-corrected chi connectivity index (χ3v) is 7.18. The highest BCUT2D eigenvalue weighted by atomic mass is 32.2. The second-order valence-electron chi connectivity index (χ2n) is 7.68. The van der Waals surface area contributed by atoms with E-state index in [1.165, 1.54) is 16.3 Å². The van der Waals surface area contributed by atoms with Crippen LogP contribution in [-0.4, -0.2) is 52.1 Å². The molecular weight excluding hydrogens is 432 g/mol. The largest absolute Gasteiger partial charge is 0.450 e. The van der Waals surface area contributed by atoms with Crippen molar-refractivity contribution in [1.29, 1.82) is 0 Å². The summed E-state index contributed by atoms with van der Waals surface area (Å²) >= 11 is 0. The lowest BCUT2D eigenvalue weighted by Gasteiger charge is -2.30.